The molecule has 4 heterocycles. The van der Waals surface area contributed by atoms with Gasteiger partial charge in [0.05, 0.1) is 0 Å². The molecule has 3 aromatic rings. The van der Waals surface area contributed by atoms with Crippen molar-refractivity contribution in [2.75, 3.05) is 6.54 Å². The molecule has 1 N–H and O–H groups in total. The van der Waals surface area contributed by atoms with Crippen LogP contribution in [-0.2, 0) is 31.4 Å². The minimum atomic E-state index is -0.136. The molecular formula is C23H25N5O2S. The lowest BCUT2D eigenvalue weighted by molar-refractivity contribution is -0.116. The number of hydrogen-bond donors (Lipinski definition) is 1. The molecule has 2 amide bonds. The van der Waals surface area contributed by atoms with Crippen LogP contribution in [0.3, 0.4) is 0 Å². The summed E-state index contributed by atoms with van der Waals surface area (Å²) in [7, 11) is 1.83. The Bertz CT molecular complexity index is 1130. The van der Waals surface area contributed by atoms with Gasteiger partial charge >= 0.3 is 0 Å². The predicted molar refractivity (Wildman–Crippen MR) is 121 cm³/mol. The van der Waals surface area contributed by atoms with Crippen LogP contribution in [0.5, 0.6) is 0 Å². The molecular weight excluding hydrogens is 410 g/mol. The summed E-state index contributed by atoms with van der Waals surface area (Å²) in [5, 5.41) is 9.26. The van der Waals surface area contributed by atoms with Crippen LogP contribution < -0.4 is 5.32 Å². The third kappa shape index (κ3) is 4.59. The highest BCUT2D eigenvalue weighted by Crippen LogP contribution is 2.25. The van der Waals surface area contributed by atoms with Crippen molar-refractivity contribution in [3.63, 3.8) is 0 Å². The van der Waals surface area contributed by atoms with Crippen LogP contribution in [-0.4, -0.2) is 38.0 Å². The number of hydrogen-bond acceptors (Lipinski definition) is 5. The summed E-state index contributed by atoms with van der Waals surface area (Å²) in [5.74, 6) is -0.202. The van der Waals surface area contributed by atoms with Gasteiger partial charge in [-0.1, -0.05) is 6.07 Å². The van der Waals surface area contributed by atoms with Crippen LogP contribution >= 0.6 is 11.3 Å². The summed E-state index contributed by atoms with van der Waals surface area (Å²) in [4.78, 5) is 32.5. The zero-order valence-corrected chi connectivity index (χ0v) is 18.7. The van der Waals surface area contributed by atoms with Gasteiger partial charge in [-0.05, 0) is 60.5 Å². The number of pyridine rings is 1. The zero-order chi connectivity index (χ0) is 22.0. The van der Waals surface area contributed by atoms with Gasteiger partial charge in [0.1, 0.15) is 0 Å². The van der Waals surface area contributed by atoms with Gasteiger partial charge in [0, 0.05) is 55.2 Å². The maximum Gasteiger partial charge on any atom is 0.274 e. The number of nitrogens with zero attached hydrogens (tertiary/aromatic N) is 4. The Labute approximate surface area is 185 Å². The lowest BCUT2D eigenvalue weighted by Crippen LogP contribution is -2.37. The maximum atomic E-state index is 12.9. The first-order valence-electron chi connectivity index (χ1n) is 10.2. The number of carbonyl (C=O) groups is 2. The molecule has 1 aliphatic rings. The van der Waals surface area contributed by atoms with Crippen molar-refractivity contribution in [1.82, 2.24) is 25.0 Å². The molecule has 1 aliphatic heterocycles. The van der Waals surface area contributed by atoms with Gasteiger partial charge in [0.2, 0.25) is 5.91 Å². The lowest BCUT2D eigenvalue weighted by atomic mass is 9.94. The van der Waals surface area contributed by atoms with E-state index in [9.17, 15) is 9.59 Å². The van der Waals surface area contributed by atoms with Gasteiger partial charge in [-0.15, -0.1) is 11.3 Å². The van der Waals surface area contributed by atoms with Gasteiger partial charge in [0.15, 0.2) is 5.69 Å². The van der Waals surface area contributed by atoms with Crippen molar-refractivity contribution >= 4 is 29.2 Å². The zero-order valence-electron chi connectivity index (χ0n) is 17.9. The first-order chi connectivity index (χ1) is 14.9. The number of aryl methyl sites for hydroxylation is 3. The molecule has 7 nitrogen and oxygen atoms in total. The Morgan fingerprint density at radius 2 is 2.16 bits per heavy atom. The Kier molecular flexibility index (Phi) is 5.99. The fraction of sp³-hybridized carbons (Fsp3) is 0.304. The van der Waals surface area contributed by atoms with E-state index in [1.807, 2.05) is 61.6 Å². The fourth-order valence-corrected chi connectivity index (χ4v) is 4.35. The molecule has 0 unspecified atom stereocenters. The van der Waals surface area contributed by atoms with Crippen molar-refractivity contribution in [2.24, 2.45) is 7.05 Å². The summed E-state index contributed by atoms with van der Waals surface area (Å²) < 4.78 is 1.71. The first-order valence-corrected chi connectivity index (χ1v) is 11.1. The van der Waals surface area contributed by atoms with E-state index in [-0.39, 0.29) is 11.8 Å². The monoisotopic (exact) mass is 435 g/mol. The van der Waals surface area contributed by atoms with E-state index in [2.05, 4.69) is 15.4 Å². The second kappa shape index (κ2) is 8.85. The minimum absolute atomic E-state index is 0.0662. The summed E-state index contributed by atoms with van der Waals surface area (Å²) >= 11 is 1.59. The summed E-state index contributed by atoms with van der Waals surface area (Å²) in [6, 6.07) is 5.74. The highest BCUT2D eigenvalue weighted by Gasteiger charge is 2.26. The van der Waals surface area contributed by atoms with E-state index in [4.69, 9.17) is 0 Å². The van der Waals surface area contributed by atoms with Crippen LogP contribution in [0.2, 0.25) is 0 Å². The Morgan fingerprint density at radius 1 is 1.32 bits per heavy atom. The average Bonchev–Trinajstić information content (AvgIpc) is 3.40. The van der Waals surface area contributed by atoms with E-state index in [1.54, 1.807) is 22.1 Å². The molecule has 0 aromatic carbocycles. The van der Waals surface area contributed by atoms with Gasteiger partial charge in [0.25, 0.3) is 5.91 Å². The summed E-state index contributed by atoms with van der Waals surface area (Å²) in [6.45, 7) is 5.42. The molecule has 4 rings (SSSR count). The average molecular weight is 436 g/mol. The van der Waals surface area contributed by atoms with E-state index in [1.165, 1.54) is 5.56 Å². The number of rotatable bonds is 5. The summed E-state index contributed by atoms with van der Waals surface area (Å²) in [6.07, 6.45) is 5.94. The molecule has 8 heteroatoms. The predicted octanol–water partition coefficient (Wildman–Crippen LogP) is 3.02. The second-order valence-electron chi connectivity index (χ2n) is 7.66. The molecule has 3 aromatic heterocycles. The Morgan fingerprint density at radius 3 is 2.87 bits per heavy atom. The number of amides is 2. The largest absolute Gasteiger partial charge is 0.348 e. The number of carbonyl (C=O) groups excluding carboxylic acids is 2. The van der Waals surface area contributed by atoms with Crippen LogP contribution in [0.4, 0.5) is 0 Å². The molecule has 0 fully saturated rings. The Balaban J connectivity index is 1.45. The van der Waals surface area contributed by atoms with Gasteiger partial charge in [-0.3, -0.25) is 19.3 Å². The molecule has 0 saturated heterocycles. The molecule has 31 heavy (non-hydrogen) atoms. The second-order valence-corrected chi connectivity index (χ2v) is 8.64. The van der Waals surface area contributed by atoms with Crippen molar-refractivity contribution in [1.29, 1.82) is 0 Å². The maximum absolute atomic E-state index is 12.9. The van der Waals surface area contributed by atoms with E-state index in [0.717, 1.165) is 33.8 Å². The first kappa shape index (κ1) is 21.0. The molecule has 0 saturated carbocycles. The number of thiophene rings is 1. The third-order valence-corrected chi connectivity index (χ3v) is 6.43. The summed E-state index contributed by atoms with van der Waals surface area (Å²) in [5.41, 5.74) is 5.56. The molecule has 0 atom stereocenters. The van der Waals surface area contributed by atoms with Crippen LogP contribution in [0.1, 0.15) is 43.4 Å². The molecule has 0 bridgehead atoms. The number of fused-ring (bicyclic) bond motifs is 1. The minimum Gasteiger partial charge on any atom is -0.348 e. The lowest BCUT2D eigenvalue weighted by Gasteiger charge is -2.30. The molecule has 0 aliphatic carbocycles. The van der Waals surface area contributed by atoms with Crippen LogP contribution in [0.15, 0.2) is 35.9 Å². The van der Waals surface area contributed by atoms with Crippen molar-refractivity contribution in [2.45, 2.75) is 33.4 Å². The smallest absolute Gasteiger partial charge is 0.274 e. The fourth-order valence-electron chi connectivity index (χ4n) is 3.74. The highest BCUT2D eigenvalue weighted by atomic mass is 32.1. The number of aromatic nitrogens is 3. The Hall–Kier alpha value is -3.26. The van der Waals surface area contributed by atoms with Crippen molar-refractivity contribution in [3.8, 4) is 0 Å². The molecule has 0 radical (unpaired) electrons. The van der Waals surface area contributed by atoms with Gasteiger partial charge < -0.3 is 10.2 Å². The highest BCUT2D eigenvalue weighted by molar-refractivity contribution is 7.10. The van der Waals surface area contributed by atoms with Crippen LogP contribution in [0.25, 0.3) is 6.08 Å². The van der Waals surface area contributed by atoms with E-state index in [0.29, 0.717) is 25.3 Å². The molecule has 0 spiro atoms. The molecule has 160 valence electrons. The van der Waals surface area contributed by atoms with Crippen molar-refractivity contribution < 1.29 is 9.59 Å². The number of nitrogens with one attached hydrogen (secondary N) is 1. The van der Waals surface area contributed by atoms with E-state index < -0.39 is 0 Å². The normalized spacial score (nSPS) is 13.5. The standard InChI is InChI=1S/C23H25N5O2S/c1-15-11-21(26-27(15)3)23(30)28-9-8-19-17(14-28)12-24-16(2)20(19)13-25-22(29)7-6-18-5-4-10-31-18/h4-7,10-12H,8-9,13-14H2,1-3H3,(H,25,29)/b7-6+. The van der Waals surface area contributed by atoms with Gasteiger partial charge in [-0.2, -0.15) is 5.10 Å². The van der Waals surface area contributed by atoms with Crippen LogP contribution in [0, 0.1) is 13.8 Å². The third-order valence-electron chi connectivity index (χ3n) is 5.60. The topological polar surface area (TPSA) is 80.1 Å². The van der Waals surface area contributed by atoms with Gasteiger partial charge in [-0.25, -0.2) is 0 Å². The quantitative estimate of drug-likeness (QED) is 0.625. The van der Waals surface area contributed by atoms with E-state index >= 15 is 0 Å². The van der Waals surface area contributed by atoms with Crippen molar-refractivity contribution in [3.05, 3.63) is 74.5 Å². The SMILES string of the molecule is Cc1ncc2c(c1CNC(=O)/C=C/c1cccs1)CCN(C(=O)c1cc(C)n(C)n1)C2.